The van der Waals surface area contributed by atoms with Crippen molar-refractivity contribution in [2.24, 2.45) is 5.73 Å². The second kappa shape index (κ2) is 9.23. The molecule has 1 aliphatic rings. The molecule has 170 valence electrons. The lowest BCUT2D eigenvalue weighted by atomic mass is 10.1. The number of carbonyl (C=O) groups excluding carboxylic acids is 2. The van der Waals surface area contributed by atoms with Gasteiger partial charge in [-0.1, -0.05) is 42.5 Å². The predicted octanol–water partition coefficient (Wildman–Crippen LogP) is 3.79. The lowest BCUT2D eigenvalue weighted by Gasteiger charge is -2.36. The van der Waals surface area contributed by atoms with Gasteiger partial charge in [0, 0.05) is 48.4 Å². The molecule has 1 saturated heterocycles. The Labute approximate surface area is 197 Å². The number of aromatic nitrogens is 2. The first-order valence-corrected chi connectivity index (χ1v) is 11.2. The van der Waals surface area contributed by atoms with E-state index in [2.05, 4.69) is 15.1 Å². The van der Waals surface area contributed by atoms with E-state index in [1.165, 1.54) is 0 Å². The van der Waals surface area contributed by atoms with Crippen molar-refractivity contribution in [3.63, 3.8) is 0 Å². The first-order chi connectivity index (χ1) is 16.6. The van der Waals surface area contributed by atoms with Gasteiger partial charge in [0.05, 0.1) is 11.2 Å². The molecule has 5 rings (SSSR count). The molecule has 0 aliphatic carbocycles. The third-order valence-corrected chi connectivity index (χ3v) is 6.15. The second-order valence-electron chi connectivity index (χ2n) is 8.30. The Morgan fingerprint density at radius 3 is 2.38 bits per heavy atom. The minimum absolute atomic E-state index is 0.0272. The highest BCUT2D eigenvalue weighted by atomic mass is 16.2. The summed E-state index contributed by atoms with van der Waals surface area (Å²) in [5.74, 6) is -0.411. The molecule has 34 heavy (non-hydrogen) atoms. The monoisotopic (exact) mass is 451 g/mol. The first-order valence-electron chi connectivity index (χ1n) is 11.2. The van der Waals surface area contributed by atoms with E-state index in [0.717, 1.165) is 27.8 Å². The summed E-state index contributed by atoms with van der Waals surface area (Å²) in [5, 5.41) is 8.46. The van der Waals surface area contributed by atoms with Gasteiger partial charge in [-0.05, 0) is 48.0 Å². The molecule has 1 aromatic heterocycles. The van der Waals surface area contributed by atoms with Crippen LogP contribution in [0.2, 0.25) is 0 Å². The zero-order valence-electron chi connectivity index (χ0n) is 18.6. The highest BCUT2D eigenvalue weighted by molar-refractivity contribution is 5.95. The van der Waals surface area contributed by atoms with E-state index < -0.39 is 5.91 Å². The van der Waals surface area contributed by atoms with Crippen LogP contribution in [0, 0.1) is 0 Å². The summed E-state index contributed by atoms with van der Waals surface area (Å²) in [6.07, 6.45) is 3.97. The lowest BCUT2D eigenvalue weighted by molar-refractivity contribution is 0.0746. The fourth-order valence-corrected chi connectivity index (χ4v) is 4.23. The maximum atomic E-state index is 13.0. The van der Waals surface area contributed by atoms with Gasteiger partial charge in [-0.2, -0.15) is 5.10 Å². The van der Waals surface area contributed by atoms with Crippen LogP contribution >= 0.6 is 0 Å². The fraction of sp³-hybridized carbons (Fsp3) is 0.148. The number of rotatable bonds is 5. The Morgan fingerprint density at radius 2 is 1.62 bits per heavy atom. The van der Waals surface area contributed by atoms with Gasteiger partial charge in [0.25, 0.3) is 5.91 Å². The number of nitrogens with two attached hydrogens (primary N) is 1. The number of para-hydroxylation sites is 1. The molecule has 0 atom stereocenters. The molecular weight excluding hydrogens is 426 g/mol. The van der Waals surface area contributed by atoms with Crippen LogP contribution in [0.25, 0.3) is 23.1 Å². The van der Waals surface area contributed by atoms with Gasteiger partial charge in [0.1, 0.15) is 0 Å². The Morgan fingerprint density at radius 1 is 0.853 bits per heavy atom. The van der Waals surface area contributed by atoms with Crippen molar-refractivity contribution in [3.05, 3.63) is 95.2 Å². The molecule has 0 bridgehead atoms. The Balaban J connectivity index is 1.21. The summed E-state index contributed by atoms with van der Waals surface area (Å²) in [6.45, 7) is 2.64. The average Bonchev–Trinajstić information content (AvgIpc) is 3.31. The Bertz CT molecular complexity index is 1370. The molecule has 1 fully saturated rings. The van der Waals surface area contributed by atoms with E-state index in [0.29, 0.717) is 37.3 Å². The zero-order valence-corrected chi connectivity index (χ0v) is 18.6. The quantitative estimate of drug-likeness (QED) is 0.483. The summed E-state index contributed by atoms with van der Waals surface area (Å²) in [6, 6.07) is 22.9. The first kappa shape index (κ1) is 21.5. The summed E-state index contributed by atoms with van der Waals surface area (Å²) >= 11 is 0. The van der Waals surface area contributed by atoms with Crippen molar-refractivity contribution in [2.75, 3.05) is 31.1 Å². The van der Waals surface area contributed by atoms with Crippen molar-refractivity contribution in [3.8, 4) is 0 Å². The number of aromatic amines is 1. The molecule has 0 saturated carbocycles. The molecule has 0 radical (unpaired) electrons. The minimum Gasteiger partial charge on any atom is -0.368 e. The average molecular weight is 452 g/mol. The van der Waals surface area contributed by atoms with Crippen LogP contribution in [0.15, 0.2) is 72.8 Å². The molecule has 1 aliphatic heterocycles. The third-order valence-electron chi connectivity index (χ3n) is 6.15. The standard InChI is InChI=1S/C27H25N5O2/c28-26(33)21-4-3-5-22(18-21)31-14-16-32(17-15-31)27(34)20-11-8-19(9-12-20)10-13-25-23-6-1-2-7-24(23)29-30-25/h1-13,18H,14-17H2,(H2,28,33)(H,29,30)/b13-10+. The van der Waals surface area contributed by atoms with E-state index in [1.54, 1.807) is 12.1 Å². The molecule has 0 spiro atoms. The van der Waals surface area contributed by atoms with Crippen LogP contribution in [-0.4, -0.2) is 53.1 Å². The number of amides is 2. The number of piperazine rings is 1. The number of H-pyrrole nitrogens is 1. The fourth-order valence-electron chi connectivity index (χ4n) is 4.23. The highest BCUT2D eigenvalue weighted by Crippen LogP contribution is 2.20. The number of carbonyl (C=O) groups is 2. The van der Waals surface area contributed by atoms with E-state index >= 15 is 0 Å². The molecule has 7 nitrogen and oxygen atoms in total. The van der Waals surface area contributed by atoms with Crippen LogP contribution in [0.5, 0.6) is 0 Å². The van der Waals surface area contributed by atoms with E-state index in [1.807, 2.05) is 77.7 Å². The summed E-state index contributed by atoms with van der Waals surface area (Å²) < 4.78 is 0. The van der Waals surface area contributed by atoms with E-state index in [-0.39, 0.29) is 5.91 Å². The SMILES string of the molecule is NC(=O)c1cccc(N2CCN(C(=O)c3ccc(/C=C/c4n[nH]c5ccccc45)cc3)CC2)c1. The Hall–Kier alpha value is -4.39. The number of hydrogen-bond donors (Lipinski definition) is 2. The van der Waals surface area contributed by atoms with Gasteiger partial charge in [0.15, 0.2) is 0 Å². The van der Waals surface area contributed by atoms with Gasteiger partial charge in [-0.3, -0.25) is 14.7 Å². The number of anilines is 1. The van der Waals surface area contributed by atoms with Gasteiger partial charge < -0.3 is 15.5 Å². The van der Waals surface area contributed by atoms with Crippen molar-refractivity contribution in [2.45, 2.75) is 0 Å². The van der Waals surface area contributed by atoms with Crippen LogP contribution in [0.1, 0.15) is 32.0 Å². The van der Waals surface area contributed by atoms with Crippen molar-refractivity contribution < 1.29 is 9.59 Å². The largest absolute Gasteiger partial charge is 0.368 e. The molecule has 4 aromatic rings. The van der Waals surface area contributed by atoms with Crippen LogP contribution < -0.4 is 10.6 Å². The number of primary amides is 1. The summed E-state index contributed by atoms with van der Waals surface area (Å²) in [5.41, 5.74) is 10.4. The number of fused-ring (bicyclic) bond motifs is 1. The third kappa shape index (κ3) is 4.41. The van der Waals surface area contributed by atoms with Crippen molar-refractivity contribution >= 4 is 40.6 Å². The summed E-state index contributed by atoms with van der Waals surface area (Å²) in [7, 11) is 0. The number of benzene rings is 3. The van der Waals surface area contributed by atoms with Gasteiger partial charge >= 0.3 is 0 Å². The lowest BCUT2D eigenvalue weighted by Crippen LogP contribution is -2.48. The number of hydrogen-bond acceptors (Lipinski definition) is 4. The van der Waals surface area contributed by atoms with Gasteiger partial charge in [0.2, 0.25) is 5.91 Å². The van der Waals surface area contributed by atoms with Gasteiger partial charge in [-0.25, -0.2) is 0 Å². The van der Waals surface area contributed by atoms with E-state index in [9.17, 15) is 9.59 Å². The Kier molecular flexibility index (Phi) is 5.82. The molecular formula is C27H25N5O2. The molecule has 2 heterocycles. The molecule has 2 amide bonds. The zero-order chi connectivity index (χ0) is 23.5. The summed E-state index contributed by atoms with van der Waals surface area (Å²) in [4.78, 5) is 28.5. The molecule has 7 heteroatoms. The second-order valence-corrected chi connectivity index (χ2v) is 8.30. The predicted molar refractivity (Wildman–Crippen MR) is 135 cm³/mol. The number of nitrogens with zero attached hydrogens (tertiary/aromatic N) is 3. The van der Waals surface area contributed by atoms with Crippen LogP contribution in [0.3, 0.4) is 0 Å². The van der Waals surface area contributed by atoms with Crippen LogP contribution in [-0.2, 0) is 0 Å². The minimum atomic E-state index is -0.438. The van der Waals surface area contributed by atoms with Crippen molar-refractivity contribution in [1.82, 2.24) is 15.1 Å². The van der Waals surface area contributed by atoms with Crippen molar-refractivity contribution in [1.29, 1.82) is 0 Å². The smallest absolute Gasteiger partial charge is 0.253 e. The maximum absolute atomic E-state index is 13.0. The molecule has 3 N–H and O–H groups in total. The number of nitrogens with one attached hydrogen (secondary N) is 1. The van der Waals surface area contributed by atoms with Crippen LogP contribution in [0.4, 0.5) is 5.69 Å². The normalized spacial score (nSPS) is 14.1. The molecule has 3 aromatic carbocycles. The molecule has 0 unspecified atom stereocenters. The highest BCUT2D eigenvalue weighted by Gasteiger charge is 2.22. The van der Waals surface area contributed by atoms with Gasteiger partial charge in [-0.15, -0.1) is 0 Å². The topological polar surface area (TPSA) is 95.3 Å². The van der Waals surface area contributed by atoms with E-state index in [4.69, 9.17) is 5.73 Å². The maximum Gasteiger partial charge on any atom is 0.253 e.